The molecule has 0 aromatic heterocycles. The van der Waals surface area contributed by atoms with Crippen molar-refractivity contribution >= 4 is 17.7 Å². The van der Waals surface area contributed by atoms with Crippen molar-refractivity contribution in [2.75, 3.05) is 44.9 Å². The average Bonchev–Trinajstić information content (AvgIpc) is 3.02. The quantitative estimate of drug-likeness (QED) is 0.780. The van der Waals surface area contributed by atoms with E-state index in [0.29, 0.717) is 36.8 Å². The third kappa shape index (κ3) is 5.15. The van der Waals surface area contributed by atoms with Crippen LogP contribution >= 0.6 is 11.8 Å². The zero-order valence-electron chi connectivity index (χ0n) is 13.5. The smallest absolute Gasteiger partial charge is 0.223 e. The lowest BCUT2D eigenvalue weighted by Crippen LogP contribution is -2.44. The number of piperidine rings is 1. The van der Waals surface area contributed by atoms with Crippen LogP contribution in [0.5, 0.6) is 0 Å². The maximum Gasteiger partial charge on any atom is 0.223 e. The van der Waals surface area contributed by atoms with E-state index in [4.69, 9.17) is 4.74 Å². The highest BCUT2D eigenvalue weighted by atomic mass is 32.2. The van der Waals surface area contributed by atoms with Crippen molar-refractivity contribution in [3.63, 3.8) is 0 Å². The van der Waals surface area contributed by atoms with Crippen molar-refractivity contribution in [2.45, 2.75) is 38.6 Å². The molecular weight excluding hydrogens is 284 g/mol. The SMILES string of the molecule is COCCN(C(=O)CC(C)C1CCCNC1)C1CCSC1. The number of thioether (sulfide) groups is 1. The van der Waals surface area contributed by atoms with Crippen molar-refractivity contribution in [1.82, 2.24) is 10.2 Å². The Bertz CT molecular complexity index is 315. The number of ether oxygens (including phenoxy) is 1. The van der Waals surface area contributed by atoms with Gasteiger partial charge in [0.2, 0.25) is 5.91 Å². The van der Waals surface area contributed by atoms with Gasteiger partial charge in [-0.25, -0.2) is 0 Å². The topological polar surface area (TPSA) is 41.6 Å². The second kappa shape index (κ2) is 9.01. The van der Waals surface area contributed by atoms with E-state index in [9.17, 15) is 4.79 Å². The number of carbonyl (C=O) groups excluding carboxylic acids is 1. The molecule has 0 radical (unpaired) electrons. The standard InChI is InChI=1S/C16H30N2O2S/c1-13(14-4-3-6-17-11-14)10-16(19)18(7-8-20-2)15-5-9-21-12-15/h13-15,17H,3-12H2,1-2H3. The van der Waals surface area contributed by atoms with Crippen molar-refractivity contribution in [1.29, 1.82) is 0 Å². The molecule has 0 aliphatic carbocycles. The molecule has 0 saturated carbocycles. The molecule has 4 nitrogen and oxygen atoms in total. The summed E-state index contributed by atoms with van der Waals surface area (Å²) in [6, 6.07) is 0.425. The van der Waals surface area contributed by atoms with Crippen LogP contribution in [0.25, 0.3) is 0 Å². The highest BCUT2D eigenvalue weighted by molar-refractivity contribution is 7.99. The number of carbonyl (C=O) groups is 1. The minimum absolute atomic E-state index is 0.331. The lowest BCUT2D eigenvalue weighted by Gasteiger charge is -2.32. The molecule has 2 aliphatic heterocycles. The highest BCUT2D eigenvalue weighted by Crippen LogP contribution is 2.26. The third-order valence-corrected chi connectivity index (χ3v) is 5.98. The van der Waals surface area contributed by atoms with E-state index in [0.717, 1.165) is 31.8 Å². The van der Waals surface area contributed by atoms with E-state index in [1.165, 1.54) is 18.6 Å². The van der Waals surface area contributed by atoms with Gasteiger partial charge in [-0.15, -0.1) is 0 Å². The lowest BCUT2D eigenvalue weighted by atomic mass is 9.85. The maximum atomic E-state index is 12.7. The van der Waals surface area contributed by atoms with Gasteiger partial charge in [0.25, 0.3) is 0 Å². The lowest BCUT2D eigenvalue weighted by molar-refractivity contribution is -0.135. The first-order valence-corrected chi connectivity index (χ1v) is 9.44. The van der Waals surface area contributed by atoms with Gasteiger partial charge in [-0.3, -0.25) is 4.79 Å². The maximum absolute atomic E-state index is 12.7. The minimum atomic E-state index is 0.331. The molecule has 5 heteroatoms. The molecule has 1 N–H and O–H groups in total. The summed E-state index contributed by atoms with van der Waals surface area (Å²) in [4.78, 5) is 14.8. The van der Waals surface area contributed by atoms with Crippen LogP contribution in [0.4, 0.5) is 0 Å². The van der Waals surface area contributed by atoms with E-state index in [1.54, 1.807) is 7.11 Å². The summed E-state index contributed by atoms with van der Waals surface area (Å²) >= 11 is 1.96. The van der Waals surface area contributed by atoms with Gasteiger partial charge in [-0.05, 0) is 49.9 Å². The van der Waals surface area contributed by atoms with Crippen LogP contribution in [0.1, 0.15) is 32.6 Å². The fourth-order valence-corrected chi connectivity index (χ4v) is 4.62. The van der Waals surface area contributed by atoms with Crippen LogP contribution in [0.3, 0.4) is 0 Å². The van der Waals surface area contributed by atoms with Crippen molar-refractivity contribution < 1.29 is 9.53 Å². The number of amides is 1. The summed E-state index contributed by atoms with van der Waals surface area (Å²) in [5, 5.41) is 3.46. The van der Waals surface area contributed by atoms with Crippen LogP contribution in [-0.2, 0) is 9.53 Å². The van der Waals surface area contributed by atoms with E-state index < -0.39 is 0 Å². The first kappa shape index (κ1) is 17.1. The van der Waals surface area contributed by atoms with Crippen LogP contribution in [0, 0.1) is 11.8 Å². The van der Waals surface area contributed by atoms with Crippen LogP contribution < -0.4 is 5.32 Å². The molecule has 122 valence electrons. The van der Waals surface area contributed by atoms with E-state index in [1.807, 2.05) is 11.8 Å². The Morgan fingerprint density at radius 3 is 2.95 bits per heavy atom. The van der Waals surface area contributed by atoms with Gasteiger partial charge in [-0.1, -0.05) is 6.92 Å². The second-order valence-corrected chi connectivity index (χ2v) is 7.54. The predicted molar refractivity (Wildman–Crippen MR) is 88.7 cm³/mol. The molecule has 3 atom stereocenters. The number of rotatable bonds is 7. The van der Waals surface area contributed by atoms with E-state index in [2.05, 4.69) is 17.1 Å². The first-order valence-electron chi connectivity index (χ1n) is 8.29. The summed E-state index contributed by atoms with van der Waals surface area (Å²) in [6.07, 6.45) is 4.34. The number of hydrogen-bond acceptors (Lipinski definition) is 4. The molecule has 3 unspecified atom stereocenters. The summed E-state index contributed by atoms with van der Waals surface area (Å²) in [5.41, 5.74) is 0. The summed E-state index contributed by atoms with van der Waals surface area (Å²) < 4.78 is 5.19. The Morgan fingerprint density at radius 2 is 2.33 bits per heavy atom. The molecule has 1 amide bonds. The van der Waals surface area contributed by atoms with E-state index >= 15 is 0 Å². The molecule has 0 aromatic rings. The molecule has 2 rings (SSSR count). The molecule has 0 spiro atoms. The third-order valence-electron chi connectivity index (χ3n) is 4.84. The highest BCUT2D eigenvalue weighted by Gasteiger charge is 2.29. The Morgan fingerprint density at radius 1 is 1.48 bits per heavy atom. The first-order chi connectivity index (χ1) is 10.2. The van der Waals surface area contributed by atoms with Crippen LogP contribution in [-0.4, -0.2) is 61.7 Å². The molecule has 2 aliphatic rings. The number of methoxy groups -OCH3 is 1. The normalized spacial score (nSPS) is 27.5. The van der Waals surface area contributed by atoms with Crippen molar-refractivity contribution in [3.05, 3.63) is 0 Å². The summed E-state index contributed by atoms with van der Waals surface area (Å²) in [5.74, 6) is 3.74. The summed E-state index contributed by atoms with van der Waals surface area (Å²) in [7, 11) is 1.71. The number of hydrogen-bond donors (Lipinski definition) is 1. The van der Waals surface area contributed by atoms with Gasteiger partial charge in [0.1, 0.15) is 0 Å². The average molecular weight is 314 g/mol. The molecule has 2 fully saturated rings. The molecule has 0 bridgehead atoms. The van der Waals surface area contributed by atoms with Crippen LogP contribution in [0.15, 0.2) is 0 Å². The number of nitrogens with one attached hydrogen (secondary N) is 1. The number of nitrogens with zero attached hydrogens (tertiary/aromatic N) is 1. The molecule has 0 aromatic carbocycles. The Kier molecular flexibility index (Phi) is 7.34. The van der Waals surface area contributed by atoms with Crippen molar-refractivity contribution in [2.24, 2.45) is 11.8 Å². The van der Waals surface area contributed by atoms with Gasteiger partial charge < -0.3 is 15.0 Å². The van der Waals surface area contributed by atoms with Crippen molar-refractivity contribution in [3.8, 4) is 0 Å². The molecule has 2 saturated heterocycles. The molecule has 21 heavy (non-hydrogen) atoms. The molecular formula is C16H30N2O2S. The zero-order valence-corrected chi connectivity index (χ0v) is 14.3. The fourth-order valence-electron chi connectivity index (χ4n) is 3.39. The Balaban J connectivity index is 1.86. The monoisotopic (exact) mass is 314 g/mol. The zero-order chi connectivity index (χ0) is 15.1. The predicted octanol–water partition coefficient (Wildman–Crippen LogP) is 1.99. The Hall–Kier alpha value is -0.260. The van der Waals surface area contributed by atoms with Gasteiger partial charge in [0, 0.05) is 31.9 Å². The van der Waals surface area contributed by atoms with Gasteiger partial charge in [0.05, 0.1) is 6.61 Å². The minimum Gasteiger partial charge on any atom is -0.383 e. The van der Waals surface area contributed by atoms with Gasteiger partial charge in [0.15, 0.2) is 0 Å². The second-order valence-electron chi connectivity index (χ2n) is 6.39. The molecule has 2 heterocycles. The summed E-state index contributed by atoms with van der Waals surface area (Å²) in [6.45, 7) is 5.85. The van der Waals surface area contributed by atoms with Gasteiger partial charge >= 0.3 is 0 Å². The van der Waals surface area contributed by atoms with Gasteiger partial charge in [-0.2, -0.15) is 11.8 Å². The fraction of sp³-hybridized carbons (Fsp3) is 0.938. The largest absolute Gasteiger partial charge is 0.383 e. The van der Waals surface area contributed by atoms with Crippen LogP contribution in [0.2, 0.25) is 0 Å². The van der Waals surface area contributed by atoms with E-state index in [-0.39, 0.29) is 0 Å². The Labute approximate surface area is 133 Å².